The van der Waals surface area contributed by atoms with Crippen LogP contribution in [0.25, 0.3) is 0 Å². The minimum atomic E-state index is -1.11. The van der Waals surface area contributed by atoms with Crippen LogP contribution in [0, 0.1) is 0 Å². The Morgan fingerprint density at radius 1 is 1.06 bits per heavy atom. The Balaban J connectivity index is 3.06. The molecular formula is C13H23NO15S3. The van der Waals surface area contributed by atoms with E-state index < -0.39 is 36.6 Å². The van der Waals surface area contributed by atoms with Crippen molar-refractivity contribution in [2.45, 2.75) is 50.4 Å². The Kier molecular flexibility index (Phi) is 17.7. The van der Waals surface area contributed by atoms with Gasteiger partial charge in [0.2, 0.25) is 5.91 Å². The van der Waals surface area contributed by atoms with Gasteiger partial charge in [-0.3, -0.25) is 17.3 Å². The van der Waals surface area contributed by atoms with Crippen LogP contribution < -0.4 is 5.32 Å². The summed E-state index contributed by atoms with van der Waals surface area (Å²) < 4.78 is 40.2. The fourth-order valence-corrected chi connectivity index (χ4v) is 3.51. The van der Waals surface area contributed by atoms with Gasteiger partial charge in [-0.2, -0.15) is 0 Å². The number of allylic oxidation sites excluding steroid dienone is 1. The Labute approximate surface area is 195 Å². The third-order valence-corrected chi connectivity index (χ3v) is 4.79. The van der Waals surface area contributed by atoms with Gasteiger partial charge in [-0.05, 0) is 12.8 Å². The van der Waals surface area contributed by atoms with Gasteiger partial charge in [0.1, 0.15) is 24.4 Å². The molecule has 1 aliphatic rings. The van der Waals surface area contributed by atoms with Gasteiger partial charge >= 0.3 is 0 Å². The normalized spacial score (nSPS) is 25.6. The predicted octanol–water partition coefficient (Wildman–Crippen LogP) is 1.94. The Hall–Kier alpha value is -0.300. The van der Waals surface area contributed by atoms with E-state index in [1.165, 1.54) is 6.92 Å². The van der Waals surface area contributed by atoms with E-state index in [2.05, 4.69) is 40.0 Å². The van der Waals surface area contributed by atoms with E-state index >= 15 is 0 Å². The summed E-state index contributed by atoms with van der Waals surface area (Å²) in [6.07, 6.45) is -1.23. The average Bonchev–Trinajstić information content (AvgIpc) is 2.77. The maximum Gasteiger partial charge on any atom is 0.217 e. The molecule has 0 saturated carbocycles. The van der Waals surface area contributed by atoms with Crippen molar-refractivity contribution in [3.05, 3.63) is 12.7 Å². The fourth-order valence-electron chi connectivity index (χ4n) is 2.50. The van der Waals surface area contributed by atoms with E-state index in [1.807, 2.05) is 0 Å². The highest BCUT2D eigenvalue weighted by Gasteiger charge is 2.50. The van der Waals surface area contributed by atoms with Crippen LogP contribution in [0.3, 0.4) is 0 Å². The topological polar surface area (TPSA) is 191 Å². The maximum atomic E-state index is 11.8. The van der Waals surface area contributed by atoms with Crippen molar-refractivity contribution in [1.82, 2.24) is 5.32 Å². The summed E-state index contributed by atoms with van der Waals surface area (Å²) in [7, 11) is 0. The number of unbranched alkanes of at least 4 members (excludes halogenated alkanes) is 1. The van der Waals surface area contributed by atoms with Gasteiger partial charge < -0.3 is 14.8 Å². The van der Waals surface area contributed by atoms with Crippen molar-refractivity contribution in [1.29, 1.82) is 0 Å². The average molecular weight is 530 g/mol. The number of rotatable bonds is 19. The van der Waals surface area contributed by atoms with Crippen LogP contribution in [0.2, 0.25) is 0 Å². The van der Waals surface area contributed by atoms with Gasteiger partial charge in [-0.15, -0.1) is 19.6 Å². The highest BCUT2D eigenvalue weighted by atomic mass is 32.2. The predicted molar refractivity (Wildman–Crippen MR) is 105 cm³/mol. The lowest BCUT2D eigenvalue weighted by Gasteiger charge is -2.44. The van der Waals surface area contributed by atoms with Crippen molar-refractivity contribution >= 4 is 42.9 Å². The molecule has 0 aromatic heterocycles. The van der Waals surface area contributed by atoms with E-state index in [4.69, 9.17) is 37.8 Å². The zero-order valence-electron chi connectivity index (χ0n) is 16.5. The largest absolute Gasteiger partial charge is 0.350 e. The molecule has 16 nitrogen and oxygen atoms in total. The molecule has 1 fully saturated rings. The van der Waals surface area contributed by atoms with E-state index in [9.17, 15) is 4.79 Å². The lowest BCUT2D eigenvalue weighted by atomic mass is 9.97. The SMILES string of the molecule is C=CCCCO[C@@H]1OC(COSOOO)[C@H](OSOOO)[C@H](OSOOO)C1NC(C)=O. The Morgan fingerprint density at radius 2 is 1.69 bits per heavy atom. The molecule has 2 unspecified atom stereocenters. The molecule has 4 N–H and O–H groups in total. The molecule has 0 spiro atoms. The first kappa shape index (κ1) is 29.7. The monoisotopic (exact) mass is 529 g/mol. The smallest absolute Gasteiger partial charge is 0.217 e. The number of hydrogen-bond acceptors (Lipinski definition) is 18. The standard InChI is InChI=1S/C13H23NO15S3/c1-3-4-5-6-19-13-10(14-8(2)15)12(23-32-29-26-18)11(22-31-28-25-17)9(21-13)7-20-30-27-24-16/h3,9-13,16-18H,1,4-7H2,2H3,(H,14,15)/t9?,10?,11-,12+,13+/m0/s1. The van der Waals surface area contributed by atoms with E-state index in [0.717, 1.165) is 0 Å². The number of amides is 1. The molecule has 0 bridgehead atoms. The van der Waals surface area contributed by atoms with Crippen LogP contribution >= 0.6 is 37.0 Å². The second kappa shape index (κ2) is 19.1. The molecule has 19 heteroatoms. The second-order valence-electron chi connectivity index (χ2n) is 5.61. The van der Waals surface area contributed by atoms with Gasteiger partial charge in [-0.1, -0.05) is 21.2 Å². The third kappa shape index (κ3) is 11.7. The first-order valence-electron chi connectivity index (χ1n) is 8.60. The zero-order valence-corrected chi connectivity index (χ0v) is 18.9. The second-order valence-corrected chi connectivity index (χ2v) is 7.05. The summed E-state index contributed by atoms with van der Waals surface area (Å²) in [6, 6.07) is -0.965. The third-order valence-electron chi connectivity index (χ3n) is 3.61. The van der Waals surface area contributed by atoms with Crippen LogP contribution in [-0.4, -0.2) is 65.5 Å². The van der Waals surface area contributed by atoms with E-state index in [1.54, 1.807) is 6.08 Å². The lowest BCUT2D eigenvalue weighted by Crippen LogP contribution is -2.65. The van der Waals surface area contributed by atoms with Crippen LogP contribution in [0.4, 0.5) is 0 Å². The van der Waals surface area contributed by atoms with Crippen molar-refractivity contribution in [3.8, 4) is 0 Å². The summed E-state index contributed by atoms with van der Waals surface area (Å²) in [5.74, 6) is -0.448. The number of carbonyl (C=O) groups is 1. The van der Waals surface area contributed by atoms with Crippen molar-refractivity contribution in [3.63, 3.8) is 0 Å². The molecule has 1 amide bonds. The van der Waals surface area contributed by atoms with Crippen molar-refractivity contribution < 1.29 is 70.7 Å². The molecule has 0 aromatic carbocycles. The first-order chi connectivity index (χ1) is 15.6. The summed E-state index contributed by atoms with van der Waals surface area (Å²) in [4.78, 5) is 11.8. The van der Waals surface area contributed by atoms with Crippen LogP contribution in [-0.2, 0) is 54.9 Å². The quantitative estimate of drug-likeness (QED) is 0.0623. The molecule has 0 aliphatic carbocycles. The van der Waals surface area contributed by atoms with Gasteiger partial charge in [0, 0.05) is 6.92 Å². The summed E-state index contributed by atoms with van der Waals surface area (Å²) in [5.41, 5.74) is 0. The fraction of sp³-hybridized carbons (Fsp3) is 0.769. The number of hydrogen-bond donors (Lipinski definition) is 4. The Morgan fingerprint density at radius 3 is 2.28 bits per heavy atom. The van der Waals surface area contributed by atoms with Gasteiger partial charge in [0.25, 0.3) is 0 Å². The maximum absolute atomic E-state index is 11.8. The first-order valence-corrected chi connectivity index (χ1v) is 10.6. The highest BCUT2D eigenvalue weighted by molar-refractivity contribution is 7.90. The molecule has 1 aliphatic heterocycles. The number of nitrogens with one attached hydrogen (secondary N) is 1. The molecular weight excluding hydrogens is 506 g/mol. The number of ether oxygens (including phenoxy) is 2. The lowest BCUT2D eigenvalue weighted by molar-refractivity contribution is -0.436. The van der Waals surface area contributed by atoms with Crippen LogP contribution in [0.15, 0.2) is 12.7 Å². The van der Waals surface area contributed by atoms with Crippen LogP contribution in [0.1, 0.15) is 19.8 Å². The van der Waals surface area contributed by atoms with Crippen molar-refractivity contribution in [2.75, 3.05) is 13.2 Å². The van der Waals surface area contributed by atoms with E-state index in [0.29, 0.717) is 12.8 Å². The molecule has 0 aromatic rings. The summed E-state index contributed by atoms with van der Waals surface area (Å²) >= 11 is 0.711. The molecule has 32 heavy (non-hydrogen) atoms. The molecule has 1 rings (SSSR count). The number of carbonyl (C=O) groups excluding carboxylic acids is 1. The highest BCUT2D eigenvalue weighted by Crippen LogP contribution is 2.33. The molecule has 188 valence electrons. The summed E-state index contributed by atoms with van der Waals surface area (Å²) in [6.45, 7) is 4.89. The molecule has 0 radical (unpaired) electrons. The molecule has 1 saturated heterocycles. The minimum Gasteiger partial charge on any atom is -0.350 e. The van der Waals surface area contributed by atoms with E-state index in [-0.39, 0.29) is 50.2 Å². The zero-order chi connectivity index (χ0) is 23.6. The van der Waals surface area contributed by atoms with Gasteiger partial charge in [-0.25, -0.2) is 15.8 Å². The van der Waals surface area contributed by atoms with Crippen LogP contribution in [0.5, 0.6) is 0 Å². The minimum absolute atomic E-state index is 0.211. The van der Waals surface area contributed by atoms with Gasteiger partial charge in [0.05, 0.1) is 13.2 Å². The summed E-state index contributed by atoms with van der Waals surface area (Å²) in [5, 5.41) is 37.9. The van der Waals surface area contributed by atoms with Crippen molar-refractivity contribution in [2.24, 2.45) is 0 Å². The van der Waals surface area contributed by atoms with Gasteiger partial charge in [0.15, 0.2) is 43.3 Å². The Bertz CT molecular complexity index is 509. The molecule has 5 atom stereocenters. The molecule has 1 heterocycles.